The van der Waals surface area contributed by atoms with Crippen LogP contribution in [-0.4, -0.2) is 13.9 Å². The van der Waals surface area contributed by atoms with E-state index < -0.39 is 0 Å². The summed E-state index contributed by atoms with van der Waals surface area (Å²) >= 11 is 1.54. The summed E-state index contributed by atoms with van der Waals surface area (Å²) in [6.07, 6.45) is 0. The van der Waals surface area contributed by atoms with E-state index in [-0.39, 0.29) is 5.56 Å². The van der Waals surface area contributed by atoms with Gasteiger partial charge in [-0.3, -0.25) is 14.0 Å². The molecule has 0 atom stereocenters. The van der Waals surface area contributed by atoms with Gasteiger partial charge in [0.1, 0.15) is 0 Å². The van der Waals surface area contributed by atoms with Crippen LogP contribution in [0.2, 0.25) is 0 Å². The van der Waals surface area contributed by atoms with Gasteiger partial charge in [0, 0.05) is 18.1 Å². The summed E-state index contributed by atoms with van der Waals surface area (Å²) in [4.78, 5) is 19.2. The topological polar surface area (TPSA) is 44.2 Å². The molecule has 2 aromatic heterocycles. The largest absolute Gasteiger partial charge is 0.297 e. The van der Waals surface area contributed by atoms with E-state index in [1.165, 1.54) is 22.5 Å². The first kappa shape index (κ1) is 21.9. The molecule has 5 rings (SSSR count). The third kappa shape index (κ3) is 3.86. The van der Waals surface area contributed by atoms with Gasteiger partial charge in [-0.25, -0.2) is 9.67 Å². The highest BCUT2D eigenvalue weighted by molar-refractivity contribution is 7.07. The molecule has 0 saturated carbocycles. The monoisotopic (exact) mass is 466 g/mol. The summed E-state index contributed by atoms with van der Waals surface area (Å²) in [5.41, 5.74) is 7.52. The molecule has 0 amide bonds. The molecule has 0 saturated heterocycles. The molecule has 3 aromatic carbocycles. The quantitative estimate of drug-likeness (QED) is 0.328. The maximum Gasteiger partial charge on any atom is 0.297 e. The molecule has 0 aliphatic carbocycles. The standard InChI is InChI=1S/C28H26N4OS/c1-19-10-14-22(15-11-19)25-18-34-28(31(25)23-16-12-20(2)13-17-23)29-26-21(3)30(4)32(27(26)33)24-8-6-5-7-9-24/h5-18H,1-4H3. The third-order valence-corrected chi connectivity index (χ3v) is 6.90. The highest BCUT2D eigenvalue weighted by Crippen LogP contribution is 2.25. The fraction of sp³-hybridized carbons (Fsp3) is 0.143. The van der Waals surface area contributed by atoms with Crippen molar-refractivity contribution in [1.29, 1.82) is 0 Å². The maximum atomic E-state index is 13.5. The number of rotatable bonds is 4. The highest BCUT2D eigenvalue weighted by Gasteiger charge is 2.17. The Hall–Kier alpha value is -3.90. The summed E-state index contributed by atoms with van der Waals surface area (Å²) in [5.74, 6) is 0. The van der Waals surface area contributed by atoms with E-state index in [1.807, 2.05) is 49.0 Å². The molecular weight excluding hydrogens is 440 g/mol. The zero-order chi connectivity index (χ0) is 23.8. The Bertz CT molecular complexity index is 1580. The van der Waals surface area contributed by atoms with Gasteiger partial charge in [-0.05, 0) is 50.6 Å². The van der Waals surface area contributed by atoms with Crippen molar-refractivity contribution in [2.24, 2.45) is 12.0 Å². The van der Waals surface area contributed by atoms with Crippen LogP contribution < -0.4 is 10.4 Å². The summed E-state index contributed by atoms with van der Waals surface area (Å²) in [7, 11) is 1.89. The van der Waals surface area contributed by atoms with Crippen LogP contribution in [0.3, 0.4) is 0 Å². The molecule has 2 heterocycles. The van der Waals surface area contributed by atoms with E-state index in [0.29, 0.717) is 5.69 Å². The Morgan fingerprint density at radius 3 is 2.03 bits per heavy atom. The third-order valence-electron chi connectivity index (χ3n) is 6.08. The van der Waals surface area contributed by atoms with Crippen molar-refractivity contribution in [3.05, 3.63) is 116 Å². The molecule has 5 nitrogen and oxygen atoms in total. The van der Waals surface area contributed by atoms with Crippen molar-refractivity contribution in [1.82, 2.24) is 13.9 Å². The predicted molar refractivity (Wildman–Crippen MR) is 140 cm³/mol. The van der Waals surface area contributed by atoms with Gasteiger partial charge >= 0.3 is 0 Å². The van der Waals surface area contributed by atoms with E-state index in [0.717, 1.165) is 33.1 Å². The molecule has 6 heteroatoms. The molecule has 0 aliphatic heterocycles. The van der Waals surface area contributed by atoms with Crippen LogP contribution in [0.15, 0.2) is 94.0 Å². The summed E-state index contributed by atoms with van der Waals surface area (Å²) < 4.78 is 5.66. The van der Waals surface area contributed by atoms with E-state index in [1.54, 1.807) is 4.68 Å². The minimum atomic E-state index is -0.132. The molecule has 0 radical (unpaired) electrons. The number of aryl methyl sites for hydroxylation is 2. The minimum absolute atomic E-state index is 0.132. The van der Waals surface area contributed by atoms with Crippen LogP contribution in [0, 0.1) is 20.8 Å². The van der Waals surface area contributed by atoms with Crippen LogP contribution in [0.25, 0.3) is 22.6 Å². The van der Waals surface area contributed by atoms with Crippen molar-refractivity contribution in [3.63, 3.8) is 0 Å². The smallest absolute Gasteiger partial charge is 0.285 e. The van der Waals surface area contributed by atoms with Crippen LogP contribution in [-0.2, 0) is 7.05 Å². The number of hydrogen-bond acceptors (Lipinski definition) is 3. The molecule has 5 aromatic rings. The second-order valence-electron chi connectivity index (χ2n) is 8.46. The van der Waals surface area contributed by atoms with Gasteiger partial charge in [-0.15, -0.1) is 11.3 Å². The number of aromatic nitrogens is 3. The lowest BCUT2D eigenvalue weighted by Crippen LogP contribution is -2.20. The molecule has 0 spiro atoms. The number of para-hydroxylation sites is 1. The fourth-order valence-electron chi connectivity index (χ4n) is 4.04. The van der Waals surface area contributed by atoms with Gasteiger partial charge in [-0.2, -0.15) is 0 Å². The van der Waals surface area contributed by atoms with E-state index in [2.05, 4.69) is 72.3 Å². The van der Waals surface area contributed by atoms with E-state index in [9.17, 15) is 4.79 Å². The molecular formula is C28H26N4OS. The van der Waals surface area contributed by atoms with Crippen molar-refractivity contribution in [3.8, 4) is 22.6 Å². The lowest BCUT2D eigenvalue weighted by molar-refractivity contribution is 0.630. The van der Waals surface area contributed by atoms with Crippen molar-refractivity contribution < 1.29 is 0 Å². The Morgan fingerprint density at radius 1 is 0.765 bits per heavy atom. The van der Waals surface area contributed by atoms with Gasteiger partial charge in [0.05, 0.1) is 17.1 Å². The maximum absolute atomic E-state index is 13.5. The van der Waals surface area contributed by atoms with E-state index in [4.69, 9.17) is 4.99 Å². The lowest BCUT2D eigenvalue weighted by atomic mass is 10.1. The zero-order valence-electron chi connectivity index (χ0n) is 19.7. The van der Waals surface area contributed by atoms with Gasteiger partial charge in [0.15, 0.2) is 10.5 Å². The van der Waals surface area contributed by atoms with E-state index >= 15 is 0 Å². The first-order valence-electron chi connectivity index (χ1n) is 11.2. The van der Waals surface area contributed by atoms with Crippen LogP contribution >= 0.6 is 11.3 Å². The Kier molecular flexibility index (Phi) is 5.67. The summed E-state index contributed by atoms with van der Waals surface area (Å²) in [6, 6.07) is 26.5. The zero-order valence-corrected chi connectivity index (χ0v) is 20.5. The van der Waals surface area contributed by atoms with Crippen LogP contribution in [0.1, 0.15) is 16.8 Å². The normalized spacial score (nSPS) is 11.8. The van der Waals surface area contributed by atoms with Gasteiger partial charge in [-0.1, -0.05) is 65.7 Å². The number of benzene rings is 3. The number of hydrogen-bond donors (Lipinski definition) is 0. The average Bonchev–Trinajstić information content (AvgIpc) is 3.35. The second kappa shape index (κ2) is 8.80. The molecule has 170 valence electrons. The minimum Gasteiger partial charge on any atom is -0.285 e. The molecule has 0 aliphatic rings. The summed E-state index contributed by atoms with van der Waals surface area (Å²) in [6.45, 7) is 6.10. The number of thiazole rings is 1. The van der Waals surface area contributed by atoms with Crippen molar-refractivity contribution >= 4 is 17.0 Å². The van der Waals surface area contributed by atoms with Crippen LogP contribution in [0.4, 0.5) is 5.69 Å². The Morgan fingerprint density at radius 2 is 1.38 bits per heavy atom. The van der Waals surface area contributed by atoms with Crippen molar-refractivity contribution in [2.75, 3.05) is 0 Å². The second-order valence-corrected chi connectivity index (χ2v) is 9.30. The highest BCUT2D eigenvalue weighted by atomic mass is 32.1. The molecule has 0 N–H and O–H groups in total. The van der Waals surface area contributed by atoms with Crippen molar-refractivity contribution in [2.45, 2.75) is 20.8 Å². The number of nitrogens with zero attached hydrogens (tertiary/aromatic N) is 4. The first-order valence-corrected chi connectivity index (χ1v) is 12.1. The molecule has 34 heavy (non-hydrogen) atoms. The Labute approximate surface area is 202 Å². The molecule has 0 bridgehead atoms. The molecule has 0 fully saturated rings. The fourth-order valence-corrected chi connectivity index (χ4v) is 4.95. The summed E-state index contributed by atoms with van der Waals surface area (Å²) in [5, 5.41) is 2.11. The van der Waals surface area contributed by atoms with Gasteiger partial charge < -0.3 is 0 Å². The first-order chi connectivity index (χ1) is 16.4. The SMILES string of the molecule is Cc1ccc(-c2csc(=Nc3c(C)n(C)n(-c4ccccc4)c3=O)n2-c2ccc(C)cc2)cc1. The lowest BCUT2D eigenvalue weighted by Gasteiger charge is -2.10. The Balaban J connectivity index is 1.76. The van der Waals surface area contributed by atoms with Gasteiger partial charge in [0.25, 0.3) is 5.56 Å². The predicted octanol–water partition coefficient (Wildman–Crippen LogP) is 5.85. The van der Waals surface area contributed by atoms with Gasteiger partial charge in [0.2, 0.25) is 0 Å². The average molecular weight is 467 g/mol. The molecule has 0 unspecified atom stereocenters. The van der Waals surface area contributed by atoms with Crippen LogP contribution in [0.5, 0.6) is 0 Å².